The molecule has 1 N–H and O–H groups in total. The average molecular weight is 228 g/mol. The summed E-state index contributed by atoms with van der Waals surface area (Å²) in [5.74, 6) is 0. The number of nitrogens with zero attached hydrogens (tertiary/aromatic N) is 1. The van der Waals surface area contributed by atoms with Crippen LogP contribution >= 0.6 is 0 Å². The maximum absolute atomic E-state index is 11.8. The van der Waals surface area contributed by atoms with Crippen LogP contribution in [0.1, 0.15) is 6.42 Å². The van der Waals surface area contributed by atoms with Gasteiger partial charge >= 0.3 is 6.18 Å². The molecule has 0 spiro atoms. The Hall–Kier alpha value is -0.330. The van der Waals surface area contributed by atoms with Crippen molar-refractivity contribution in [3.05, 3.63) is 0 Å². The van der Waals surface area contributed by atoms with E-state index in [-0.39, 0.29) is 6.54 Å². The Morgan fingerprint density at radius 2 is 1.87 bits per heavy atom. The van der Waals surface area contributed by atoms with Crippen molar-refractivity contribution < 1.29 is 17.9 Å². The fourth-order valence-corrected chi connectivity index (χ4v) is 0.999. The van der Waals surface area contributed by atoms with Crippen LogP contribution in [-0.4, -0.2) is 58.0 Å². The summed E-state index contributed by atoms with van der Waals surface area (Å²) in [6, 6.07) is 0. The second kappa shape index (κ2) is 7.90. The quantitative estimate of drug-likeness (QED) is 0.630. The van der Waals surface area contributed by atoms with E-state index in [0.717, 1.165) is 6.54 Å². The molecule has 92 valence electrons. The van der Waals surface area contributed by atoms with E-state index in [2.05, 4.69) is 5.32 Å². The Kier molecular flexibility index (Phi) is 7.72. The molecule has 0 saturated heterocycles. The lowest BCUT2D eigenvalue weighted by Gasteiger charge is -2.17. The molecule has 0 atom stereocenters. The summed E-state index contributed by atoms with van der Waals surface area (Å²) in [6.45, 7) is 2.68. The van der Waals surface area contributed by atoms with Crippen LogP contribution in [0, 0.1) is 0 Å². The van der Waals surface area contributed by atoms with Gasteiger partial charge in [-0.3, -0.25) is 0 Å². The predicted octanol–water partition coefficient (Wildman–Crippen LogP) is 1.11. The van der Waals surface area contributed by atoms with Crippen molar-refractivity contribution >= 4 is 0 Å². The Labute approximate surface area is 88.6 Å². The molecule has 6 heteroatoms. The van der Waals surface area contributed by atoms with Gasteiger partial charge in [0, 0.05) is 33.3 Å². The molecule has 0 aromatic rings. The highest BCUT2D eigenvalue weighted by molar-refractivity contribution is 4.58. The summed E-state index contributed by atoms with van der Waals surface area (Å²) in [4.78, 5) is 1.66. The second-order valence-corrected chi connectivity index (χ2v) is 3.41. The Bertz CT molecular complexity index is 153. The van der Waals surface area contributed by atoms with E-state index in [1.807, 2.05) is 0 Å². The number of ether oxygens (including phenoxy) is 1. The van der Waals surface area contributed by atoms with Gasteiger partial charge in [-0.25, -0.2) is 0 Å². The van der Waals surface area contributed by atoms with Crippen LogP contribution < -0.4 is 5.32 Å². The SMILES string of the molecule is COCCNCCN(C)CCC(F)(F)F. The minimum atomic E-state index is -4.06. The molecular formula is C9H19F3N2O. The van der Waals surface area contributed by atoms with Crippen molar-refractivity contribution in [2.45, 2.75) is 12.6 Å². The van der Waals surface area contributed by atoms with Gasteiger partial charge in [0.2, 0.25) is 0 Å². The molecule has 0 saturated carbocycles. The van der Waals surface area contributed by atoms with E-state index in [0.29, 0.717) is 19.7 Å². The molecule has 0 rings (SSSR count). The lowest BCUT2D eigenvalue weighted by molar-refractivity contribution is -0.137. The number of halogens is 3. The third-order valence-corrected chi connectivity index (χ3v) is 1.93. The number of likely N-dealkylation sites (N-methyl/N-ethyl adjacent to an activating group) is 1. The summed E-state index contributed by atoms with van der Waals surface area (Å²) in [7, 11) is 3.29. The van der Waals surface area contributed by atoms with Crippen molar-refractivity contribution in [2.24, 2.45) is 0 Å². The van der Waals surface area contributed by atoms with E-state index in [1.54, 1.807) is 19.1 Å². The standard InChI is InChI=1S/C9H19F3N2O/c1-14(6-3-9(10,11)12)7-4-13-5-8-15-2/h13H,3-8H2,1-2H3. The minimum absolute atomic E-state index is 0.0510. The van der Waals surface area contributed by atoms with Gasteiger partial charge in [-0.2, -0.15) is 13.2 Å². The van der Waals surface area contributed by atoms with Crippen LogP contribution in [0.5, 0.6) is 0 Å². The number of hydrogen-bond donors (Lipinski definition) is 1. The fourth-order valence-electron chi connectivity index (χ4n) is 0.999. The number of hydrogen-bond acceptors (Lipinski definition) is 3. The lowest BCUT2D eigenvalue weighted by Crippen LogP contribution is -2.32. The molecule has 3 nitrogen and oxygen atoms in total. The van der Waals surface area contributed by atoms with Crippen LogP contribution in [0.15, 0.2) is 0 Å². The molecule has 0 aliphatic heterocycles. The molecule has 0 aliphatic carbocycles. The Morgan fingerprint density at radius 1 is 1.20 bits per heavy atom. The van der Waals surface area contributed by atoms with Crippen LogP contribution in [0.25, 0.3) is 0 Å². The molecule has 0 fully saturated rings. The van der Waals surface area contributed by atoms with Crippen molar-refractivity contribution in [3.8, 4) is 0 Å². The highest BCUT2D eigenvalue weighted by atomic mass is 19.4. The third kappa shape index (κ3) is 11.6. The van der Waals surface area contributed by atoms with Gasteiger partial charge in [-0.1, -0.05) is 0 Å². The van der Waals surface area contributed by atoms with Crippen molar-refractivity contribution in [1.29, 1.82) is 0 Å². The van der Waals surface area contributed by atoms with Gasteiger partial charge in [0.25, 0.3) is 0 Å². The third-order valence-electron chi connectivity index (χ3n) is 1.93. The molecular weight excluding hydrogens is 209 g/mol. The van der Waals surface area contributed by atoms with Gasteiger partial charge in [0.1, 0.15) is 0 Å². The van der Waals surface area contributed by atoms with Crippen LogP contribution in [-0.2, 0) is 4.74 Å². The van der Waals surface area contributed by atoms with E-state index in [9.17, 15) is 13.2 Å². The normalized spacial score (nSPS) is 12.4. The van der Waals surface area contributed by atoms with E-state index >= 15 is 0 Å². The molecule has 0 bridgehead atoms. The highest BCUT2D eigenvalue weighted by Gasteiger charge is 2.26. The van der Waals surface area contributed by atoms with Gasteiger partial charge in [-0.05, 0) is 7.05 Å². The molecule has 0 aromatic carbocycles. The first kappa shape index (κ1) is 14.7. The average Bonchev–Trinajstić information content (AvgIpc) is 2.13. The van der Waals surface area contributed by atoms with Crippen molar-refractivity contribution in [3.63, 3.8) is 0 Å². The summed E-state index contributed by atoms with van der Waals surface area (Å²) in [5.41, 5.74) is 0. The van der Waals surface area contributed by atoms with Crippen molar-refractivity contribution in [1.82, 2.24) is 10.2 Å². The summed E-state index contributed by atoms with van der Waals surface area (Å²) < 4.78 is 40.4. The Morgan fingerprint density at radius 3 is 2.40 bits per heavy atom. The molecule has 0 aromatic heterocycles. The zero-order valence-corrected chi connectivity index (χ0v) is 9.23. The van der Waals surface area contributed by atoms with E-state index < -0.39 is 12.6 Å². The van der Waals surface area contributed by atoms with Crippen LogP contribution in [0.4, 0.5) is 13.2 Å². The maximum Gasteiger partial charge on any atom is 0.390 e. The molecule has 0 amide bonds. The Balaban J connectivity index is 3.30. The zero-order chi connectivity index (χ0) is 11.7. The topological polar surface area (TPSA) is 24.5 Å². The first-order valence-corrected chi connectivity index (χ1v) is 4.90. The van der Waals surface area contributed by atoms with E-state index in [1.165, 1.54) is 0 Å². The molecule has 0 aliphatic rings. The highest BCUT2D eigenvalue weighted by Crippen LogP contribution is 2.19. The predicted molar refractivity (Wildman–Crippen MR) is 52.9 cm³/mol. The lowest BCUT2D eigenvalue weighted by atomic mass is 10.4. The smallest absolute Gasteiger partial charge is 0.383 e. The summed E-state index contributed by atoms with van der Waals surface area (Å²) >= 11 is 0. The van der Waals surface area contributed by atoms with Gasteiger partial charge in [-0.15, -0.1) is 0 Å². The monoisotopic (exact) mass is 228 g/mol. The number of methoxy groups -OCH3 is 1. The van der Waals surface area contributed by atoms with Crippen LogP contribution in [0.3, 0.4) is 0 Å². The fraction of sp³-hybridized carbons (Fsp3) is 1.00. The molecule has 0 radical (unpaired) electrons. The van der Waals surface area contributed by atoms with Gasteiger partial charge in [0.05, 0.1) is 13.0 Å². The van der Waals surface area contributed by atoms with Gasteiger partial charge in [0.15, 0.2) is 0 Å². The first-order chi connectivity index (χ1) is 6.95. The largest absolute Gasteiger partial charge is 0.390 e. The minimum Gasteiger partial charge on any atom is -0.383 e. The molecule has 0 unspecified atom stereocenters. The van der Waals surface area contributed by atoms with Gasteiger partial charge < -0.3 is 15.0 Å². The summed E-state index contributed by atoms with van der Waals surface area (Å²) in [6.07, 6.45) is -4.81. The number of alkyl halides is 3. The molecule has 0 heterocycles. The second-order valence-electron chi connectivity index (χ2n) is 3.41. The molecule has 15 heavy (non-hydrogen) atoms. The van der Waals surface area contributed by atoms with Crippen molar-refractivity contribution in [2.75, 3.05) is 46.9 Å². The van der Waals surface area contributed by atoms with E-state index in [4.69, 9.17) is 4.74 Å². The number of nitrogens with one attached hydrogen (secondary N) is 1. The maximum atomic E-state index is 11.8. The summed E-state index contributed by atoms with van der Waals surface area (Å²) in [5, 5.41) is 3.07. The number of rotatable bonds is 8. The zero-order valence-electron chi connectivity index (χ0n) is 9.23. The first-order valence-electron chi connectivity index (χ1n) is 4.90. The van der Waals surface area contributed by atoms with Crippen LogP contribution in [0.2, 0.25) is 0 Å².